The Morgan fingerprint density at radius 1 is 1.21 bits per heavy atom. The summed E-state index contributed by atoms with van der Waals surface area (Å²) < 4.78 is 13.3. The van der Waals surface area contributed by atoms with Gasteiger partial charge in [-0.2, -0.15) is 5.26 Å². The lowest BCUT2D eigenvalue weighted by Gasteiger charge is -2.29. The van der Waals surface area contributed by atoms with Crippen LogP contribution in [0.5, 0.6) is 0 Å². The molecule has 0 N–H and O–H groups in total. The van der Waals surface area contributed by atoms with Gasteiger partial charge in [0.1, 0.15) is 11.9 Å². The van der Waals surface area contributed by atoms with Crippen LogP contribution in [-0.2, 0) is 9.59 Å². The highest BCUT2D eigenvalue weighted by atomic mass is 19.1. The number of amides is 2. The zero-order chi connectivity index (χ0) is 13.6. The summed E-state index contributed by atoms with van der Waals surface area (Å²) in [4.78, 5) is 25.5. The zero-order valence-electron chi connectivity index (χ0n) is 10.1. The topological polar surface area (TPSA) is 61.2 Å². The van der Waals surface area contributed by atoms with Crippen molar-refractivity contribution in [3.05, 3.63) is 29.6 Å². The molecule has 96 valence electrons. The van der Waals surface area contributed by atoms with Crippen molar-refractivity contribution in [1.82, 2.24) is 0 Å². The van der Waals surface area contributed by atoms with Crippen LogP contribution in [0.2, 0.25) is 0 Å². The van der Waals surface area contributed by atoms with Gasteiger partial charge in [-0.15, -0.1) is 0 Å². The fourth-order valence-electron chi connectivity index (χ4n) is 2.90. The van der Waals surface area contributed by atoms with E-state index in [9.17, 15) is 14.0 Å². The summed E-state index contributed by atoms with van der Waals surface area (Å²) in [6.07, 6.45) is 2.09. The SMILES string of the molecule is N#Cc1cc(N2C(=O)C3CCC(C3)C2=O)ccc1F. The highest BCUT2D eigenvalue weighted by molar-refractivity contribution is 6.18. The second-order valence-electron chi connectivity index (χ2n) is 4.99. The summed E-state index contributed by atoms with van der Waals surface area (Å²) in [5, 5.41) is 8.81. The van der Waals surface area contributed by atoms with E-state index in [0.29, 0.717) is 12.1 Å². The minimum Gasteiger partial charge on any atom is -0.274 e. The number of carbonyl (C=O) groups is 2. The first-order chi connectivity index (χ1) is 9.11. The van der Waals surface area contributed by atoms with Crippen molar-refractivity contribution in [3.8, 4) is 6.07 Å². The molecule has 1 aliphatic carbocycles. The lowest BCUT2D eigenvalue weighted by molar-refractivity contribution is -0.132. The number of nitrogens with zero attached hydrogens (tertiary/aromatic N) is 2. The molecule has 2 unspecified atom stereocenters. The average molecular weight is 258 g/mol. The van der Waals surface area contributed by atoms with Crippen LogP contribution in [0.3, 0.4) is 0 Å². The van der Waals surface area contributed by atoms with Crippen LogP contribution in [-0.4, -0.2) is 11.8 Å². The Morgan fingerprint density at radius 3 is 2.42 bits per heavy atom. The molecule has 2 atom stereocenters. The number of anilines is 1. The third-order valence-electron chi connectivity index (χ3n) is 3.90. The Morgan fingerprint density at radius 2 is 1.84 bits per heavy atom. The van der Waals surface area contributed by atoms with E-state index < -0.39 is 5.82 Å². The Hall–Kier alpha value is -2.22. The highest BCUT2D eigenvalue weighted by Gasteiger charge is 2.45. The van der Waals surface area contributed by atoms with Crippen molar-refractivity contribution >= 4 is 17.5 Å². The molecule has 4 nitrogen and oxygen atoms in total. The largest absolute Gasteiger partial charge is 0.274 e. The molecule has 1 saturated carbocycles. The number of halogens is 1. The third kappa shape index (κ3) is 1.72. The van der Waals surface area contributed by atoms with Crippen LogP contribution in [0.25, 0.3) is 0 Å². The van der Waals surface area contributed by atoms with Gasteiger partial charge in [0.2, 0.25) is 11.8 Å². The molecule has 1 aromatic carbocycles. The maximum atomic E-state index is 13.3. The molecule has 2 aliphatic rings. The Kier molecular flexibility index (Phi) is 2.59. The van der Waals surface area contributed by atoms with Crippen molar-refractivity contribution in [1.29, 1.82) is 5.26 Å². The van der Waals surface area contributed by atoms with Crippen LogP contribution in [0.4, 0.5) is 10.1 Å². The fourth-order valence-corrected chi connectivity index (χ4v) is 2.90. The molecular formula is C14H11FN2O2. The molecular weight excluding hydrogens is 247 g/mol. The number of imide groups is 1. The van der Waals surface area contributed by atoms with Gasteiger partial charge in [-0.05, 0) is 37.5 Å². The molecule has 2 amide bonds. The summed E-state index contributed by atoms with van der Waals surface area (Å²) in [6.45, 7) is 0. The minimum absolute atomic E-state index is 0.113. The van der Waals surface area contributed by atoms with Gasteiger partial charge in [0, 0.05) is 11.8 Å². The second kappa shape index (κ2) is 4.16. The second-order valence-corrected chi connectivity index (χ2v) is 4.99. The van der Waals surface area contributed by atoms with E-state index >= 15 is 0 Å². The van der Waals surface area contributed by atoms with Crippen molar-refractivity contribution in [3.63, 3.8) is 0 Å². The van der Waals surface area contributed by atoms with Crippen molar-refractivity contribution in [2.24, 2.45) is 11.8 Å². The lowest BCUT2D eigenvalue weighted by Crippen LogP contribution is -2.46. The van der Waals surface area contributed by atoms with Crippen molar-refractivity contribution < 1.29 is 14.0 Å². The number of nitriles is 1. The molecule has 0 aromatic heterocycles. The molecule has 5 heteroatoms. The number of carbonyl (C=O) groups excluding carboxylic acids is 2. The normalized spacial score (nSPS) is 25.6. The molecule has 1 saturated heterocycles. The van der Waals surface area contributed by atoms with Crippen molar-refractivity contribution in [2.45, 2.75) is 19.3 Å². The van der Waals surface area contributed by atoms with E-state index in [1.54, 1.807) is 6.07 Å². The summed E-state index contributed by atoms with van der Waals surface area (Å²) in [6, 6.07) is 5.47. The smallest absolute Gasteiger partial charge is 0.236 e. The van der Waals surface area contributed by atoms with Crippen molar-refractivity contribution in [2.75, 3.05) is 4.90 Å². The van der Waals surface area contributed by atoms with Gasteiger partial charge in [0.25, 0.3) is 0 Å². The first-order valence-electron chi connectivity index (χ1n) is 6.19. The molecule has 1 heterocycles. The quantitative estimate of drug-likeness (QED) is 0.724. The van der Waals surface area contributed by atoms with Gasteiger partial charge in [-0.25, -0.2) is 4.39 Å². The Labute approximate surface area is 109 Å². The highest BCUT2D eigenvalue weighted by Crippen LogP contribution is 2.40. The predicted octanol–water partition coefficient (Wildman–Crippen LogP) is 1.99. The average Bonchev–Trinajstić information content (AvgIpc) is 2.85. The lowest BCUT2D eigenvalue weighted by atomic mass is 9.96. The van der Waals surface area contributed by atoms with Gasteiger partial charge in [0.05, 0.1) is 11.3 Å². The van der Waals surface area contributed by atoms with Gasteiger partial charge < -0.3 is 0 Å². The monoisotopic (exact) mass is 258 g/mol. The number of hydrogen-bond acceptors (Lipinski definition) is 3. The number of rotatable bonds is 1. The maximum absolute atomic E-state index is 13.3. The Bertz CT molecular complexity index is 598. The molecule has 0 radical (unpaired) electrons. The molecule has 0 spiro atoms. The molecule has 2 bridgehead atoms. The number of benzene rings is 1. The summed E-state index contributed by atoms with van der Waals surface area (Å²) in [7, 11) is 0. The number of fused-ring (bicyclic) bond motifs is 2. The van der Waals surface area contributed by atoms with Crippen LogP contribution in [0.15, 0.2) is 18.2 Å². The maximum Gasteiger partial charge on any atom is 0.236 e. The summed E-state index contributed by atoms with van der Waals surface area (Å²) >= 11 is 0. The zero-order valence-corrected chi connectivity index (χ0v) is 10.1. The van der Waals surface area contributed by atoms with Gasteiger partial charge >= 0.3 is 0 Å². The third-order valence-corrected chi connectivity index (χ3v) is 3.90. The Balaban J connectivity index is 2.04. The number of piperidine rings is 1. The van der Waals surface area contributed by atoms with Crippen LogP contribution < -0.4 is 4.90 Å². The molecule has 1 aliphatic heterocycles. The van der Waals surface area contributed by atoms with Crippen LogP contribution in [0.1, 0.15) is 24.8 Å². The van der Waals surface area contributed by atoms with E-state index in [0.717, 1.165) is 23.8 Å². The molecule has 3 rings (SSSR count). The van der Waals surface area contributed by atoms with E-state index in [2.05, 4.69) is 0 Å². The summed E-state index contributed by atoms with van der Waals surface area (Å²) in [5.41, 5.74) is 0.139. The summed E-state index contributed by atoms with van der Waals surface area (Å²) in [5.74, 6) is -1.33. The first kappa shape index (κ1) is 11.8. The van der Waals surface area contributed by atoms with E-state index in [-0.39, 0.29) is 29.2 Å². The van der Waals surface area contributed by atoms with E-state index in [1.165, 1.54) is 12.1 Å². The van der Waals surface area contributed by atoms with Crippen LogP contribution in [0, 0.1) is 29.0 Å². The molecule has 1 aromatic rings. The molecule has 19 heavy (non-hydrogen) atoms. The van der Waals surface area contributed by atoms with E-state index in [1.807, 2.05) is 0 Å². The van der Waals surface area contributed by atoms with Gasteiger partial charge in [0.15, 0.2) is 0 Å². The standard InChI is InChI=1S/C14H11FN2O2/c15-12-4-3-11(6-10(12)7-16)17-13(18)8-1-2-9(5-8)14(17)19/h3-4,6,8-9H,1-2,5H2. The predicted molar refractivity (Wildman–Crippen MR) is 64.4 cm³/mol. The minimum atomic E-state index is -0.647. The fraction of sp³-hybridized carbons (Fsp3) is 0.357. The number of hydrogen-bond donors (Lipinski definition) is 0. The molecule has 2 fully saturated rings. The van der Waals surface area contributed by atoms with Crippen LogP contribution >= 0.6 is 0 Å². The van der Waals surface area contributed by atoms with Gasteiger partial charge in [-0.1, -0.05) is 0 Å². The van der Waals surface area contributed by atoms with E-state index in [4.69, 9.17) is 5.26 Å². The van der Waals surface area contributed by atoms with Gasteiger partial charge in [-0.3, -0.25) is 14.5 Å². The first-order valence-corrected chi connectivity index (χ1v) is 6.19.